The molecule has 3 aromatic carbocycles. The Morgan fingerprint density at radius 1 is 0.643 bits per heavy atom. The maximum Gasteiger partial charge on any atom is 0.261 e. The van der Waals surface area contributed by atoms with E-state index in [1.807, 2.05) is 0 Å². The molecular weight excluding hydrogens is 822 g/mol. The van der Waals surface area contributed by atoms with Gasteiger partial charge in [-0.15, -0.1) is 0 Å². The first kappa shape index (κ1) is 41.3. The summed E-state index contributed by atoms with van der Waals surface area (Å²) in [5.74, 6) is -1.62. The van der Waals surface area contributed by atoms with Gasteiger partial charge in [-0.3, -0.25) is 14.3 Å². The van der Waals surface area contributed by atoms with Gasteiger partial charge in [0, 0.05) is 24.2 Å². The van der Waals surface area contributed by atoms with E-state index in [4.69, 9.17) is 46.4 Å². The predicted octanol–water partition coefficient (Wildman–Crippen LogP) is 7.56. The lowest BCUT2D eigenvalue weighted by Gasteiger charge is -2.14. The Balaban J connectivity index is 1.20. The van der Waals surface area contributed by atoms with E-state index in [-0.39, 0.29) is 59.0 Å². The molecule has 2 heterocycles. The lowest BCUT2D eigenvalue weighted by molar-refractivity contribution is 0.0888. The number of sulfonamides is 1. The third-order valence-electron chi connectivity index (χ3n) is 8.75. The summed E-state index contributed by atoms with van der Waals surface area (Å²) in [6, 6.07) is 14.1. The molecule has 6 N–H and O–H groups in total. The molecule has 19 heteroatoms. The summed E-state index contributed by atoms with van der Waals surface area (Å²) in [4.78, 5) is 45.2. The number of pyridine rings is 1. The molecule has 2 aromatic heterocycles. The molecular formula is C37H38Cl4N10O4S. The number of carbonyl (C=O) groups excluding carboxylic acids is 2. The predicted molar refractivity (Wildman–Crippen MR) is 223 cm³/mol. The van der Waals surface area contributed by atoms with E-state index in [0.717, 1.165) is 39.0 Å². The van der Waals surface area contributed by atoms with Crippen LogP contribution in [-0.2, 0) is 10.0 Å². The van der Waals surface area contributed by atoms with Crippen LogP contribution in [0.15, 0.2) is 59.5 Å². The molecule has 0 atom stereocenters. The maximum absolute atomic E-state index is 13.7. The van der Waals surface area contributed by atoms with Crippen LogP contribution in [0.5, 0.6) is 0 Å². The largest absolute Gasteiger partial charge is 0.354 e. The van der Waals surface area contributed by atoms with Crippen LogP contribution in [0.1, 0.15) is 59.0 Å². The molecule has 0 fully saturated rings. The fourth-order valence-electron chi connectivity index (χ4n) is 6.00. The maximum atomic E-state index is 13.7. The van der Waals surface area contributed by atoms with Crippen molar-refractivity contribution in [1.29, 1.82) is 0 Å². The SMILES string of the molecule is CCNCCCNc1nc(NCCCNCC)nc(Nc2ccc(S(=O)(=O)Nc3cccc4ccc(C5C(=O)c6c(Cl)c(Cl)c(Cl)c(Cl)c6C5=O)nc34)cc2)n1. The summed E-state index contributed by atoms with van der Waals surface area (Å²) >= 11 is 25.0. The summed E-state index contributed by atoms with van der Waals surface area (Å²) in [5, 5.41) is 16.1. The molecule has 0 saturated carbocycles. The monoisotopic (exact) mass is 858 g/mol. The van der Waals surface area contributed by atoms with Crippen molar-refractivity contribution in [2.45, 2.75) is 37.5 Å². The Morgan fingerprint density at radius 3 is 1.75 bits per heavy atom. The van der Waals surface area contributed by atoms with Crippen molar-refractivity contribution in [3.8, 4) is 0 Å². The smallest absolute Gasteiger partial charge is 0.261 e. The zero-order chi connectivity index (χ0) is 40.0. The molecule has 0 unspecified atom stereocenters. The number of hydrogen-bond donors (Lipinski definition) is 6. The molecule has 5 aromatic rings. The van der Waals surface area contributed by atoms with Gasteiger partial charge in [-0.1, -0.05) is 78.5 Å². The number of nitrogens with one attached hydrogen (secondary N) is 6. The first-order chi connectivity index (χ1) is 26.9. The minimum atomic E-state index is -4.15. The molecule has 0 amide bonds. The summed E-state index contributed by atoms with van der Waals surface area (Å²) in [7, 11) is -4.15. The molecule has 0 saturated heterocycles. The molecule has 14 nitrogen and oxygen atoms in total. The van der Waals surface area contributed by atoms with Crippen molar-refractivity contribution in [1.82, 2.24) is 30.6 Å². The lowest BCUT2D eigenvalue weighted by Crippen LogP contribution is -2.19. The third-order valence-corrected chi connectivity index (χ3v) is 11.9. The highest BCUT2D eigenvalue weighted by atomic mass is 35.5. The van der Waals surface area contributed by atoms with Crippen LogP contribution < -0.4 is 31.3 Å². The number of ketones is 2. The molecule has 1 aliphatic carbocycles. The number of halogens is 4. The number of nitrogens with zero attached hydrogens (tertiary/aromatic N) is 4. The Kier molecular flexibility index (Phi) is 13.5. The highest BCUT2D eigenvalue weighted by Crippen LogP contribution is 2.48. The van der Waals surface area contributed by atoms with Crippen LogP contribution >= 0.6 is 46.4 Å². The standard InChI is InChI=1S/C37H38Cl4N10O4S/c1-3-42-16-6-18-44-35-48-36(45-19-7-17-43-4-2)50-37(49-35)46-21-11-13-22(14-12-21)56(54,55)51-24-9-5-8-20-10-15-23(47-32(20)24)25-33(52)26-27(34(25)53)29(39)31(41)30(40)28(26)38/h5,8-15,25,42-43,51H,3-4,6-7,16-19H2,1-2H3,(H3,44,45,46,48,49,50). The fourth-order valence-corrected chi connectivity index (χ4v) is 8.10. The first-order valence-electron chi connectivity index (χ1n) is 17.8. The number of rotatable bonds is 18. The van der Waals surface area contributed by atoms with E-state index < -0.39 is 27.5 Å². The summed E-state index contributed by atoms with van der Waals surface area (Å²) in [6.45, 7) is 8.90. The highest BCUT2D eigenvalue weighted by Gasteiger charge is 2.45. The number of aromatic nitrogens is 4. The molecule has 0 radical (unpaired) electrons. The van der Waals surface area contributed by atoms with Gasteiger partial charge >= 0.3 is 0 Å². The zero-order valence-corrected chi connectivity index (χ0v) is 34.1. The highest BCUT2D eigenvalue weighted by molar-refractivity contribution is 7.92. The van der Waals surface area contributed by atoms with Gasteiger partial charge in [-0.05, 0) is 75.4 Å². The van der Waals surface area contributed by atoms with Crippen LogP contribution in [0.25, 0.3) is 10.9 Å². The van der Waals surface area contributed by atoms with Gasteiger partial charge < -0.3 is 26.6 Å². The minimum Gasteiger partial charge on any atom is -0.354 e. The van der Waals surface area contributed by atoms with E-state index in [1.165, 1.54) is 24.3 Å². The van der Waals surface area contributed by atoms with E-state index >= 15 is 0 Å². The van der Waals surface area contributed by atoms with Gasteiger partial charge in [-0.25, -0.2) is 13.4 Å². The summed E-state index contributed by atoms with van der Waals surface area (Å²) in [6.07, 6.45) is 1.75. The van der Waals surface area contributed by atoms with Crippen LogP contribution in [0.2, 0.25) is 20.1 Å². The molecule has 6 rings (SSSR count). The van der Waals surface area contributed by atoms with Crippen LogP contribution in [-0.4, -0.2) is 79.2 Å². The van der Waals surface area contributed by atoms with E-state index in [0.29, 0.717) is 36.1 Å². The number of benzene rings is 3. The quantitative estimate of drug-likeness (QED) is 0.0219. The van der Waals surface area contributed by atoms with Gasteiger partial charge in [0.15, 0.2) is 11.6 Å². The van der Waals surface area contributed by atoms with Gasteiger partial charge in [-0.2, -0.15) is 15.0 Å². The molecule has 0 bridgehead atoms. The molecule has 1 aliphatic rings. The first-order valence-corrected chi connectivity index (χ1v) is 20.8. The number of fused-ring (bicyclic) bond motifs is 2. The number of para-hydroxylation sites is 1. The van der Waals surface area contributed by atoms with Gasteiger partial charge in [0.2, 0.25) is 17.8 Å². The second kappa shape index (κ2) is 18.3. The molecule has 294 valence electrons. The van der Waals surface area contributed by atoms with Crippen molar-refractivity contribution in [3.63, 3.8) is 0 Å². The van der Waals surface area contributed by atoms with Crippen LogP contribution in [0, 0.1) is 0 Å². The average molecular weight is 861 g/mol. The van der Waals surface area contributed by atoms with E-state index in [2.05, 4.69) is 65.1 Å². The van der Waals surface area contributed by atoms with Gasteiger partial charge in [0.05, 0.1) is 53.0 Å². The minimum absolute atomic E-state index is 0.0346. The van der Waals surface area contributed by atoms with Crippen molar-refractivity contribution < 1.29 is 18.0 Å². The fraction of sp³-hybridized carbons (Fsp3) is 0.297. The Bertz CT molecular complexity index is 2310. The Hall–Kier alpha value is -4.35. The number of carbonyl (C=O) groups is 2. The van der Waals surface area contributed by atoms with Crippen molar-refractivity contribution in [2.24, 2.45) is 0 Å². The number of Topliss-reactive ketones (excluding diaryl/α,β-unsaturated/α-hetero) is 2. The van der Waals surface area contributed by atoms with Crippen molar-refractivity contribution in [2.75, 3.05) is 59.9 Å². The van der Waals surface area contributed by atoms with Crippen molar-refractivity contribution >= 4 is 108 Å². The number of hydrogen-bond acceptors (Lipinski definition) is 13. The molecule has 0 aliphatic heterocycles. The summed E-state index contributed by atoms with van der Waals surface area (Å²) < 4.78 is 30.0. The molecule has 56 heavy (non-hydrogen) atoms. The second-order valence-corrected chi connectivity index (χ2v) is 15.8. The topological polar surface area (TPSA) is 192 Å². The second-order valence-electron chi connectivity index (χ2n) is 12.6. The summed E-state index contributed by atoms with van der Waals surface area (Å²) in [5.41, 5.74) is 0.685. The van der Waals surface area contributed by atoms with E-state index in [1.54, 1.807) is 30.3 Å². The van der Waals surface area contributed by atoms with E-state index in [9.17, 15) is 18.0 Å². The lowest BCUT2D eigenvalue weighted by atomic mass is 9.98. The number of anilines is 5. The Labute approximate surface area is 343 Å². The zero-order valence-electron chi connectivity index (χ0n) is 30.3. The van der Waals surface area contributed by atoms with Crippen LogP contribution in [0.4, 0.5) is 29.2 Å². The van der Waals surface area contributed by atoms with Gasteiger partial charge in [0.25, 0.3) is 10.0 Å². The normalized spacial score (nSPS) is 13.0. The van der Waals surface area contributed by atoms with Crippen LogP contribution in [0.3, 0.4) is 0 Å². The Morgan fingerprint density at radius 2 is 1.20 bits per heavy atom. The molecule has 0 spiro atoms. The third kappa shape index (κ3) is 9.10. The van der Waals surface area contributed by atoms with Gasteiger partial charge in [0.1, 0.15) is 5.92 Å². The van der Waals surface area contributed by atoms with Crippen molar-refractivity contribution in [3.05, 3.63) is 91.5 Å². The average Bonchev–Trinajstić information content (AvgIpc) is 3.45.